The molecular weight excluding hydrogens is 330 g/mol. The number of rotatable bonds is 4. The minimum atomic E-state index is 0. The smallest absolute Gasteiger partial charge is 0.169 e. The molecule has 0 saturated heterocycles. The Bertz CT molecular complexity index is 536. The van der Waals surface area contributed by atoms with E-state index in [0.717, 1.165) is 5.56 Å². The minimum Gasteiger partial charge on any atom is -0.358 e. The predicted octanol–water partition coefficient (Wildman–Crippen LogP) is 4.65. The van der Waals surface area contributed by atoms with E-state index in [0.29, 0.717) is 39.6 Å². The summed E-state index contributed by atoms with van der Waals surface area (Å²) in [6, 6.07) is 5.41. The third-order valence-corrected chi connectivity index (χ3v) is 3.70. The molecule has 0 saturated carbocycles. The van der Waals surface area contributed by atoms with Gasteiger partial charge in [-0.05, 0) is 19.1 Å². The summed E-state index contributed by atoms with van der Waals surface area (Å²) >= 11 is 18.1. The highest BCUT2D eigenvalue weighted by atomic mass is 35.5. The first-order chi connectivity index (χ1) is 8.59. The van der Waals surface area contributed by atoms with Gasteiger partial charge in [-0.2, -0.15) is 0 Å². The van der Waals surface area contributed by atoms with E-state index < -0.39 is 0 Å². The van der Waals surface area contributed by atoms with Crippen molar-refractivity contribution in [3.05, 3.63) is 50.3 Å². The topological polar surface area (TPSA) is 38.1 Å². The molecule has 0 aliphatic rings. The average Bonchev–Trinajstić information content (AvgIpc) is 2.65. The Morgan fingerprint density at radius 1 is 1.16 bits per heavy atom. The highest BCUT2D eigenvalue weighted by Gasteiger charge is 2.10. The molecule has 7 heteroatoms. The number of halogens is 4. The molecule has 0 atom stereocenters. The molecule has 0 aliphatic heterocycles. The van der Waals surface area contributed by atoms with E-state index in [9.17, 15) is 0 Å². The zero-order chi connectivity index (χ0) is 13.1. The van der Waals surface area contributed by atoms with Gasteiger partial charge in [0.2, 0.25) is 0 Å². The summed E-state index contributed by atoms with van der Waals surface area (Å²) in [6.07, 6.45) is 0. The van der Waals surface area contributed by atoms with Crippen molar-refractivity contribution in [1.82, 2.24) is 10.5 Å². The van der Waals surface area contributed by atoms with E-state index >= 15 is 0 Å². The van der Waals surface area contributed by atoms with E-state index in [1.165, 1.54) is 0 Å². The summed E-state index contributed by atoms with van der Waals surface area (Å²) in [4.78, 5) is 0. The van der Waals surface area contributed by atoms with Crippen LogP contribution in [0.15, 0.2) is 22.7 Å². The fourth-order valence-electron chi connectivity index (χ4n) is 1.52. The maximum atomic E-state index is 6.06. The van der Waals surface area contributed by atoms with E-state index in [1.807, 2.05) is 6.07 Å². The zero-order valence-corrected chi connectivity index (χ0v) is 13.1. The van der Waals surface area contributed by atoms with Crippen LogP contribution >= 0.6 is 47.2 Å². The van der Waals surface area contributed by atoms with Crippen molar-refractivity contribution < 1.29 is 4.52 Å². The monoisotopic (exact) mass is 340 g/mol. The van der Waals surface area contributed by atoms with Crippen LogP contribution in [0.3, 0.4) is 0 Å². The lowest BCUT2D eigenvalue weighted by Crippen LogP contribution is -2.13. The van der Waals surface area contributed by atoms with Crippen molar-refractivity contribution in [2.24, 2.45) is 0 Å². The molecule has 1 aromatic heterocycles. The van der Waals surface area contributed by atoms with Gasteiger partial charge in [-0.25, -0.2) is 0 Å². The van der Waals surface area contributed by atoms with E-state index in [-0.39, 0.29) is 12.4 Å². The second-order valence-electron chi connectivity index (χ2n) is 3.81. The Balaban J connectivity index is 0.00000180. The van der Waals surface area contributed by atoms with Gasteiger partial charge in [-0.1, -0.05) is 46.0 Å². The van der Waals surface area contributed by atoms with Crippen LogP contribution < -0.4 is 5.32 Å². The Labute approximate surface area is 132 Å². The van der Waals surface area contributed by atoms with Crippen LogP contribution in [0, 0.1) is 6.92 Å². The largest absolute Gasteiger partial charge is 0.358 e. The van der Waals surface area contributed by atoms with E-state index in [4.69, 9.17) is 39.3 Å². The number of nitrogens with zero attached hydrogens (tertiary/aromatic N) is 1. The Kier molecular flexibility index (Phi) is 6.43. The van der Waals surface area contributed by atoms with Crippen LogP contribution in [0.5, 0.6) is 0 Å². The normalized spacial score (nSPS) is 10.3. The van der Waals surface area contributed by atoms with Gasteiger partial charge in [-0.3, -0.25) is 0 Å². The van der Waals surface area contributed by atoms with Crippen LogP contribution in [0.4, 0.5) is 0 Å². The SMILES string of the molecule is Cc1noc(CNCc2c(Cl)cccc2Cl)c1Cl.Cl. The number of nitrogens with one attached hydrogen (secondary N) is 1. The van der Waals surface area contributed by atoms with Gasteiger partial charge in [0.1, 0.15) is 5.02 Å². The third kappa shape index (κ3) is 4.01. The van der Waals surface area contributed by atoms with Gasteiger partial charge in [-0.15, -0.1) is 12.4 Å². The van der Waals surface area contributed by atoms with Gasteiger partial charge >= 0.3 is 0 Å². The number of aryl methyl sites for hydroxylation is 1. The van der Waals surface area contributed by atoms with Gasteiger partial charge in [0.15, 0.2) is 5.76 Å². The molecule has 1 aromatic carbocycles. The van der Waals surface area contributed by atoms with Gasteiger partial charge in [0.05, 0.1) is 12.2 Å². The summed E-state index contributed by atoms with van der Waals surface area (Å²) < 4.78 is 5.08. The Morgan fingerprint density at radius 2 is 1.79 bits per heavy atom. The molecule has 2 rings (SSSR count). The van der Waals surface area contributed by atoms with Crippen molar-refractivity contribution in [2.75, 3.05) is 0 Å². The molecule has 0 bridgehead atoms. The Hall–Kier alpha value is -0.450. The fraction of sp³-hybridized carbons (Fsp3) is 0.250. The second-order valence-corrected chi connectivity index (χ2v) is 5.00. The molecule has 0 unspecified atom stereocenters. The molecule has 1 N–H and O–H groups in total. The minimum absolute atomic E-state index is 0. The van der Waals surface area contributed by atoms with Crippen molar-refractivity contribution in [1.29, 1.82) is 0 Å². The molecule has 1 heterocycles. The van der Waals surface area contributed by atoms with Crippen molar-refractivity contribution in [3.63, 3.8) is 0 Å². The number of benzene rings is 1. The molecule has 0 radical (unpaired) electrons. The van der Waals surface area contributed by atoms with Crippen LogP contribution in [0.1, 0.15) is 17.0 Å². The molecule has 0 aliphatic carbocycles. The molecule has 104 valence electrons. The number of hydrogen-bond donors (Lipinski definition) is 1. The highest BCUT2D eigenvalue weighted by molar-refractivity contribution is 6.36. The zero-order valence-electron chi connectivity index (χ0n) is 10.0. The van der Waals surface area contributed by atoms with Crippen molar-refractivity contribution >= 4 is 47.2 Å². The molecule has 3 nitrogen and oxygen atoms in total. The van der Waals surface area contributed by atoms with Crippen LogP contribution in [-0.4, -0.2) is 5.16 Å². The second kappa shape index (κ2) is 7.36. The van der Waals surface area contributed by atoms with Crippen LogP contribution in [0.2, 0.25) is 15.1 Å². The van der Waals surface area contributed by atoms with E-state index in [2.05, 4.69) is 10.5 Å². The molecule has 0 amide bonds. The first kappa shape index (κ1) is 16.6. The average molecular weight is 342 g/mol. The lowest BCUT2D eigenvalue weighted by atomic mass is 10.2. The van der Waals surface area contributed by atoms with Crippen molar-refractivity contribution in [3.8, 4) is 0 Å². The number of hydrogen-bond acceptors (Lipinski definition) is 3. The molecule has 0 fully saturated rings. The first-order valence-corrected chi connectivity index (χ1v) is 6.47. The fourth-order valence-corrected chi connectivity index (χ4v) is 2.18. The summed E-state index contributed by atoms with van der Waals surface area (Å²) in [5, 5.41) is 8.76. The molecule has 2 aromatic rings. The van der Waals surface area contributed by atoms with Crippen LogP contribution in [0.25, 0.3) is 0 Å². The lowest BCUT2D eigenvalue weighted by molar-refractivity contribution is 0.369. The standard InChI is InChI=1S/C12H11Cl3N2O.ClH/c1-7-12(15)11(18-17-7)6-16-5-8-9(13)3-2-4-10(8)14;/h2-4,16H,5-6H2,1H3;1H. The van der Waals surface area contributed by atoms with Gasteiger partial charge < -0.3 is 9.84 Å². The van der Waals surface area contributed by atoms with E-state index in [1.54, 1.807) is 19.1 Å². The Morgan fingerprint density at radius 3 is 2.32 bits per heavy atom. The maximum absolute atomic E-state index is 6.06. The predicted molar refractivity (Wildman–Crippen MR) is 80.5 cm³/mol. The third-order valence-electron chi connectivity index (χ3n) is 2.50. The van der Waals surface area contributed by atoms with Crippen LogP contribution in [-0.2, 0) is 13.1 Å². The summed E-state index contributed by atoms with van der Waals surface area (Å²) in [6.45, 7) is 2.80. The highest BCUT2D eigenvalue weighted by Crippen LogP contribution is 2.24. The molecule has 19 heavy (non-hydrogen) atoms. The molecular formula is C12H12Cl4N2O. The quantitative estimate of drug-likeness (QED) is 0.879. The summed E-state index contributed by atoms with van der Waals surface area (Å²) in [5.41, 5.74) is 1.54. The summed E-state index contributed by atoms with van der Waals surface area (Å²) in [5.74, 6) is 0.609. The van der Waals surface area contributed by atoms with Gasteiger partial charge in [0, 0.05) is 22.2 Å². The first-order valence-electron chi connectivity index (χ1n) is 5.34. The molecule has 0 spiro atoms. The van der Waals surface area contributed by atoms with Gasteiger partial charge in [0.25, 0.3) is 0 Å². The van der Waals surface area contributed by atoms with Crippen molar-refractivity contribution in [2.45, 2.75) is 20.0 Å². The number of aromatic nitrogens is 1. The maximum Gasteiger partial charge on any atom is 0.169 e. The summed E-state index contributed by atoms with van der Waals surface area (Å²) in [7, 11) is 0. The lowest BCUT2D eigenvalue weighted by Gasteiger charge is -2.07.